The Morgan fingerprint density at radius 2 is 1.47 bits per heavy atom. The highest BCUT2D eigenvalue weighted by Crippen LogP contribution is 2.42. The Morgan fingerprint density at radius 1 is 0.933 bits per heavy atom. The fraction of sp³-hybridized carbons (Fsp3) is 0. The maximum atomic E-state index is 13.1. The normalized spacial score (nSPS) is 16.7. The topological polar surface area (TPSA) is 78.6 Å². The Labute approximate surface area is 81.5 Å². The first kappa shape index (κ1) is 9.90. The van der Waals surface area contributed by atoms with Crippen LogP contribution in [0.3, 0.4) is 0 Å². The van der Waals surface area contributed by atoms with E-state index in [9.17, 15) is 21.6 Å². The molecular formula is C6H2F3NO4S. The number of hydrogen-bond acceptors (Lipinski definition) is 5. The number of nitrogens with two attached hydrogens (primary N) is 1. The number of hydrogen-bond donors (Lipinski definition) is 1. The zero-order valence-corrected chi connectivity index (χ0v) is 7.57. The van der Waals surface area contributed by atoms with Crippen LogP contribution < -0.4 is 14.1 Å². The lowest BCUT2D eigenvalue weighted by molar-refractivity contribution is 0.324. The molecule has 1 aliphatic rings. The molecule has 1 heterocycles. The number of benzene rings is 1. The van der Waals surface area contributed by atoms with Crippen LogP contribution in [0.5, 0.6) is 11.5 Å². The largest absolute Gasteiger partial charge is 0.501 e. The Balaban J connectivity index is 2.85. The van der Waals surface area contributed by atoms with E-state index in [-0.39, 0.29) is 0 Å². The van der Waals surface area contributed by atoms with Crippen molar-refractivity contribution >= 4 is 16.1 Å². The highest BCUT2D eigenvalue weighted by Gasteiger charge is 2.37. The van der Waals surface area contributed by atoms with E-state index in [0.29, 0.717) is 0 Å². The van der Waals surface area contributed by atoms with E-state index in [4.69, 9.17) is 5.73 Å². The van der Waals surface area contributed by atoms with Gasteiger partial charge in [0.25, 0.3) is 0 Å². The molecule has 0 amide bonds. The number of anilines is 1. The average Bonchev–Trinajstić information content (AvgIpc) is 2.16. The number of fused-ring (bicyclic) bond motifs is 2. The van der Waals surface area contributed by atoms with Gasteiger partial charge in [-0.05, 0) is 0 Å². The first-order valence-corrected chi connectivity index (χ1v) is 4.76. The molecule has 0 atom stereocenters. The molecular weight excluding hydrogens is 239 g/mol. The van der Waals surface area contributed by atoms with E-state index >= 15 is 0 Å². The number of rotatable bonds is 0. The monoisotopic (exact) mass is 241 g/mol. The second-order valence-electron chi connectivity index (χ2n) is 2.59. The third-order valence-electron chi connectivity index (χ3n) is 1.64. The summed E-state index contributed by atoms with van der Waals surface area (Å²) in [4.78, 5) is 0. The molecule has 2 rings (SSSR count). The lowest BCUT2D eigenvalue weighted by Crippen LogP contribution is -2.24. The van der Waals surface area contributed by atoms with Gasteiger partial charge >= 0.3 is 10.4 Å². The zero-order valence-electron chi connectivity index (χ0n) is 6.75. The van der Waals surface area contributed by atoms with Crippen molar-refractivity contribution in [3.05, 3.63) is 17.5 Å². The molecule has 1 aliphatic heterocycles. The molecule has 82 valence electrons. The SMILES string of the molecule is Nc1c(F)c(F)c2c(F)c1OS(=O)(=O)O2. The Bertz CT molecular complexity index is 503. The molecule has 2 N–H and O–H groups in total. The maximum absolute atomic E-state index is 13.1. The van der Waals surface area contributed by atoms with Crippen molar-refractivity contribution in [2.24, 2.45) is 0 Å². The van der Waals surface area contributed by atoms with Gasteiger partial charge in [-0.15, -0.1) is 8.42 Å². The second kappa shape index (κ2) is 2.69. The molecule has 2 bridgehead atoms. The first-order valence-electron chi connectivity index (χ1n) is 3.43. The fourth-order valence-corrected chi connectivity index (χ4v) is 1.76. The maximum Gasteiger partial charge on any atom is 0.501 e. The van der Waals surface area contributed by atoms with Gasteiger partial charge in [-0.1, -0.05) is 0 Å². The van der Waals surface area contributed by atoms with Crippen LogP contribution in [0.1, 0.15) is 0 Å². The van der Waals surface area contributed by atoms with Gasteiger partial charge in [0, 0.05) is 0 Å². The minimum atomic E-state index is -4.64. The Morgan fingerprint density at radius 3 is 2.07 bits per heavy atom. The summed E-state index contributed by atoms with van der Waals surface area (Å²) in [6.45, 7) is 0. The van der Waals surface area contributed by atoms with Gasteiger partial charge < -0.3 is 14.1 Å². The van der Waals surface area contributed by atoms with Crippen LogP contribution in [0.15, 0.2) is 0 Å². The van der Waals surface area contributed by atoms with Crippen molar-refractivity contribution in [3.63, 3.8) is 0 Å². The number of nitrogen functional groups attached to an aromatic ring is 1. The minimum absolute atomic E-state index is 1.07. The summed E-state index contributed by atoms with van der Waals surface area (Å²) in [6.07, 6.45) is 0. The van der Waals surface area contributed by atoms with E-state index in [1.54, 1.807) is 0 Å². The molecule has 9 heteroatoms. The molecule has 0 saturated carbocycles. The third kappa shape index (κ3) is 1.27. The Hall–Kier alpha value is -1.64. The van der Waals surface area contributed by atoms with E-state index in [1.807, 2.05) is 0 Å². The Kier molecular flexibility index (Phi) is 1.77. The molecule has 1 aromatic rings. The van der Waals surface area contributed by atoms with E-state index in [2.05, 4.69) is 8.37 Å². The third-order valence-corrected chi connectivity index (χ3v) is 2.38. The summed E-state index contributed by atoms with van der Waals surface area (Å²) < 4.78 is 68.1. The molecule has 0 spiro atoms. The molecule has 0 aromatic heterocycles. The van der Waals surface area contributed by atoms with Gasteiger partial charge in [0.1, 0.15) is 5.69 Å². The van der Waals surface area contributed by atoms with Crippen LogP contribution in [0.2, 0.25) is 0 Å². The van der Waals surface area contributed by atoms with Gasteiger partial charge in [0.05, 0.1) is 0 Å². The van der Waals surface area contributed by atoms with E-state index < -0.39 is 45.0 Å². The summed E-state index contributed by atoms with van der Waals surface area (Å²) in [5, 5.41) is 0. The van der Waals surface area contributed by atoms with E-state index in [0.717, 1.165) is 0 Å². The molecule has 0 unspecified atom stereocenters. The summed E-state index contributed by atoms with van der Waals surface area (Å²) >= 11 is 0. The van der Waals surface area contributed by atoms with Crippen molar-refractivity contribution in [1.82, 2.24) is 0 Å². The van der Waals surface area contributed by atoms with Crippen LogP contribution in [0.4, 0.5) is 18.9 Å². The highest BCUT2D eigenvalue weighted by atomic mass is 32.3. The van der Waals surface area contributed by atoms with Crippen molar-refractivity contribution in [2.45, 2.75) is 0 Å². The van der Waals surface area contributed by atoms with Crippen molar-refractivity contribution < 1.29 is 30.0 Å². The van der Waals surface area contributed by atoms with Crippen LogP contribution in [-0.2, 0) is 10.4 Å². The van der Waals surface area contributed by atoms with Crippen LogP contribution in [0.25, 0.3) is 0 Å². The summed E-state index contributed by atoms with van der Waals surface area (Å²) in [7, 11) is -4.64. The first-order chi connectivity index (χ1) is 6.83. The quantitative estimate of drug-likeness (QED) is 0.534. The van der Waals surface area contributed by atoms with Crippen LogP contribution in [0, 0.1) is 17.5 Å². The second-order valence-corrected chi connectivity index (χ2v) is 3.74. The number of halogens is 3. The van der Waals surface area contributed by atoms with Gasteiger partial charge in [-0.3, -0.25) is 0 Å². The zero-order chi connectivity index (χ0) is 11.4. The predicted molar refractivity (Wildman–Crippen MR) is 40.9 cm³/mol. The molecule has 15 heavy (non-hydrogen) atoms. The van der Waals surface area contributed by atoms with Crippen LogP contribution >= 0.6 is 0 Å². The minimum Gasteiger partial charge on any atom is -0.393 e. The lowest BCUT2D eigenvalue weighted by atomic mass is 10.2. The molecule has 0 aliphatic carbocycles. The molecule has 0 radical (unpaired) electrons. The molecule has 1 aromatic carbocycles. The van der Waals surface area contributed by atoms with Crippen molar-refractivity contribution in [1.29, 1.82) is 0 Å². The van der Waals surface area contributed by atoms with Crippen LogP contribution in [-0.4, -0.2) is 8.42 Å². The van der Waals surface area contributed by atoms with Gasteiger partial charge in [0.15, 0.2) is 5.82 Å². The highest BCUT2D eigenvalue weighted by molar-refractivity contribution is 7.82. The van der Waals surface area contributed by atoms with E-state index in [1.165, 1.54) is 0 Å². The van der Waals surface area contributed by atoms with Crippen molar-refractivity contribution in [2.75, 3.05) is 5.73 Å². The van der Waals surface area contributed by atoms with Gasteiger partial charge in [-0.2, -0.15) is 8.78 Å². The molecule has 5 nitrogen and oxygen atoms in total. The van der Waals surface area contributed by atoms with Gasteiger partial charge in [0.2, 0.25) is 23.1 Å². The van der Waals surface area contributed by atoms with Crippen molar-refractivity contribution in [3.8, 4) is 11.5 Å². The summed E-state index contributed by atoms with van der Waals surface area (Å²) in [6, 6.07) is 0. The standard InChI is InChI=1S/C6H2F3NO4S/c7-1-2(8)5-3(9)6(4(1)10)14-15(11,12)13-5/h10H2. The fourth-order valence-electron chi connectivity index (χ4n) is 1.01. The predicted octanol–water partition coefficient (Wildman–Crippen LogP) is 0.702. The summed E-state index contributed by atoms with van der Waals surface area (Å²) in [5.74, 6) is -7.43. The summed E-state index contributed by atoms with van der Waals surface area (Å²) in [5.41, 5.74) is 3.85. The lowest BCUT2D eigenvalue weighted by Gasteiger charge is -2.18. The smallest absolute Gasteiger partial charge is 0.393 e. The molecule has 0 saturated heterocycles. The molecule has 0 fully saturated rings. The van der Waals surface area contributed by atoms with Gasteiger partial charge in [-0.25, -0.2) is 4.39 Å². The average molecular weight is 241 g/mol.